The van der Waals surface area contributed by atoms with Crippen LogP contribution in [-0.4, -0.2) is 31.9 Å². The van der Waals surface area contributed by atoms with Gasteiger partial charge in [-0.1, -0.05) is 20.3 Å². The van der Waals surface area contributed by atoms with E-state index in [1.165, 1.54) is 0 Å². The first kappa shape index (κ1) is 16.5. The highest BCUT2D eigenvalue weighted by Crippen LogP contribution is 2.30. The van der Waals surface area contributed by atoms with Crippen LogP contribution in [0.5, 0.6) is 0 Å². The first-order valence-corrected chi connectivity index (χ1v) is 9.10. The van der Waals surface area contributed by atoms with Gasteiger partial charge in [0.1, 0.15) is 16.4 Å². The quantitative estimate of drug-likeness (QED) is 0.907. The fourth-order valence-corrected chi connectivity index (χ4v) is 4.72. The molecule has 1 N–H and O–H groups in total. The Kier molecular flexibility index (Phi) is 5.11. The molecule has 120 valence electrons. The van der Waals surface area contributed by atoms with Crippen LogP contribution in [0.1, 0.15) is 50.2 Å². The predicted octanol–water partition coefficient (Wildman–Crippen LogP) is 2.57. The fraction of sp³-hybridized carbons (Fsp3) is 0.733. The van der Waals surface area contributed by atoms with E-state index in [1.807, 2.05) is 20.8 Å². The second-order valence-electron chi connectivity index (χ2n) is 6.02. The fourth-order valence-electron chi connectivity index (χ4n) is 2.79. The van der Waals surface area contributed by atoms with Gasteiger partial charge in [-0.3, -0.25) is 0 Å². The lowest BCUT2D eigenvalue weighted by molar-refractivity contribution is 0.345. The van der Waals surface area contributed by atoms with Crippen LogP contribution in [0.25, 0.3) is 0 Å². The molecule has 21 heavy (non-hydrogen) atoms. The van der Waals surface area contributed by atoms with Crippen LogP contribution < -0.4 is 5.32 Å². The number of piperidine rings is 1. The van der Waals surface area contributed by atoms with E-state index in [4.69, 9.17) is 4.42 Å². The van der Waals surface area contributed by atoms with Crippen molar-refractivity contribution in [1.29, 1.82) is 0 Å². The Morgan fingerprint density at radius 2 is 1.76 bits per heavy atom. The molecule has 6 heteroatoms. The van der Waals surface area contributed by atoms with Crippen LogP contribution in [0.15, 0.2) is 9.31 Å². The van der Waals surface area contributed by atoms with Crippen molar-refractivity contribution in [3.05, 3.63) is 17.1 Å². The average Bonchev–Trinajstić information content (AvgIpc) is 2.72. The molecule has 0 bridgehead atoms. The zero-order valence-corrected chi connectivity index (χ0v) is 14.2. The summed E-state index contributed by atoms with van der Waals surface area (Å²) in [4.78, 5) is 0.370. The van der Waals surface area contributed by atoms with Gasteiger partial charge in [0.15, 0.2) is 0 Å². The Bertz CT molecular complexity index is 584. The number of hydrogen-bond acceptors (Lipinski definition) is 4. The lowest BCUT2D eigenvalue weighted by Crippen LogP contribution is -2.36. The molecule has 1 aliphatic heterocycles. The average molecular weight is 314 g/mol. The summed E-state index contributed by atoms with van der Waals surface area (Å²) in [6.07, 6.45) is 2.99. The van der Waals surface area contributed by atoms with E-state index in [1.54, 1.807) is 11.2 Å². The lowest BCUT2D eigenvalue weighted by Gasteiger charge is -2.26. The Hall–Kier alpha value is -0.850. The van der Waals surface area contributed by atoms with E-state index in [0.29, 0.717) is 42.1 Å². The molecule has 1 aromatic heterocycles. The van der Waals surface area contributed by atoms with Gasteiger partial charge in [0.05, 0.1) is 0 Å². The molecule has 0 radical (unpaired) electrons. The second-order valence-corrected chi connectivity index (χ2v) is 7.90. The van der Waals surface area contributed by atoms with E-state index >= 15 is 0 Å². The van der Waals surface area contributed by atoms with Crippen molar-refractivity contribution < 1.29 is 12.8 Å². The van der Waals surface area contributed by atoms with Crippen molar-refractivity contribution in [2.24, 2.45) is 0 Å². The van der Waals surface area contributed by atoms with E-state index < -0.39 is 10.0 Å². The summed E-state index contributed by atoms with van der Waals surface area (Å²) in [6.45, 7) is 9.40. The summed E-state index contributed by atoms with van der Waals surface area (Å²) in [7, 11) is -3.45. The van der Waals surface area contributed by atoms with E-state index in [9.17, 15) is 8.42 Å². The van der Waals surface area contributed by atoms with Crippen molar-refractivity contribution >= 4 is 10.0 Å². The number of hydrogen-bond donors (Lipinski definition) is 1. The standard InChI is InChI=1S/C15H26N2O3S/c1-11(2)16-10-14-12(3)20-13(4)15(14)21(18,19)17-8-6-5-7-9-17/h11,16H,5-10H2,1-4H3. The van der Waals surface area contributed by atoms with Gasteiger partial charge in [0, 0.05) is 31.2 Å². The van der Waals surface area contributed by atoms with Crippen molar-refractivity contribution in [1.82, 2.24) is 9.62 Å². The minimum Gasteiger partial charge on any atom is -0.465 e. The maximum atomic E-state index is 12.9. The summed E-state index contributed by atoms with van der Waals surface area (Å²) in [5.41, 5.74) is 0.770. The molecular weight excluding hydrogens is 288 g/mol. The van der Waals surface area contributed by atoms with Crippen LogP contribution in [0.3, 0.4) is 0 Å². The SMILES string of the molecule is Cc1oc(C)c(S(=O)(=O)N2CCCCC2)c1CNC(C)C. The van der Waals surface area contributed by atoms with Crippen LogP contribution in [-0.2, 0) is 16.6 Å². The molecule has 1 fully saturated rings. The molecule has 1 saturated heterocycles. The Morgan fingerprint density at radius 3 is 2.33 bits per heavy atom. The molecule has 1 aliphatic rings. The minimum atomic E-state index is -3.45. The van der Waals surface area contributed by atoms with Crippen LogP contribution in [0, 0.1) is 13.8 Å². The maximum Gasteiger partial charge on any atom is 0.246 e. The summed E-state index contributed by atoms with van der Waals surface area (Å²) in [5.74, 6) is 1.19. The largest absolute Gasteiger partial charge is 0.465 e. The van der Waals surface area contributed by atoms with Gasteiger partial charge in [0.25, 0.3) is 0 Å². The number of aryl methyl sites for hydroxylation is 2. The summed E-state index contributed by atoms with van der Waals surface area (Å²) in [6, 6.07) is 0.296. The van der Waals surface area contributed by atoms with Crippen molar-refractivity contribution in [3.63, 3.8) is 0 Å². The zero-order chi connectivity index (χ0) is 15.6. The van der Waals surface area contributed by atoms with Gasteiger partial charge in [-0.2, -0.15) is 4.31 Å². The van der Waals surface area contributed by atoms with Gasteiger partial charge >= 0.3 is 0 Å². The van der Waals surface area contributed by atoms with Gasteiger partial charge in [-0.15, -0.1) is 0 Å². The maximum absolute atomic E-state index is 12.9. The van der Waals surface area contributed by atoms with E-state index in [-0.39, 0.29) is 0 Å². The zero-order valence-electron chi connectivity index (χ0n) is 13.4. The van der Waals surface area contributed by atoms with Crippen molar-refractivity contribution in [3.8, 4) is 0 Å². The van der Waals surface area contributed by atoms with E-state index in [2.05, 4.69) is 5.32 Å². The molecule has 0 aliphatic carbocycles. The Morgan fingerprint density at radius 1 is 1.14 bits per heavy atom. The highest BCUT2D eigenvalue weighted by atomic mass is 32.2. The molecule has 0 atom stereocenters. The normalized spacial score (nSPS) is 17.6. The third-order valence-electron chi connectivity index (χ3n) is 3.92. The first-order valence-electron chi connectivity index (χ1n) is 7.66. The molecule has 2 rings (SSSR count). The molecule has 0 saturated carbocycles. The minimum absolute atomic E-state index is 0.296. The van der Waals surface area contributed by atoms with Crippen molar-refractivity contribution in [2.45, 2.75) is 64.4 Å². The first-order chi connectivity index (χ1) is 9.84. The van der Waals surface area contributed by atoms with Crippen LogP contribution in [0.2, 0.25) is 0 Å². The van der Waals surface area contributed by atoms with Gasteiger partial charge in [0.2, 0.25) is 10.0 Å². The van der Waals surface area contributed by atoms with Gasteiger partial charge in [-0.25, -0.2) is 8.42 Å². The van der Waals surface area contributed by atoms with E-state index in [0.717, 1.165) is 24.8 Å². The Labute approximate surface area is 127 Å². The number of nitrogens with one attached hydrogen (secondary N) is 1. The number of nitrogens with zero attached hydrogens (tertiary/aromatic N) is 1. The molecule has 2 heterocycles. The molecule has 0 amide bonds. The number of furan rings is 1. The molecule has 0 spiro atoms. The highest BCUT2D eigenvalue weighted by Gasteiger charge is 2.32. The topological polar surface area (TPSA) is 62.6 Å². The lowest BCUT2D eigenvalue weighted by atomic mass is 10.2. The molecule has 5 nitrogen and oxygen atoms in total. The molecule has 0 aromatic carbocycles. The summed E-state index contributed by atoms with van der Waals surface area (Å²) in [5, 5.41) is 3.29. The smallest absolute Gasteiger partial charge is 0.246 e. The monoisotopic (exact) mass is 314 g/mol. The second kappa shape index (κ2) is 6.50. The predicted molar refractivity (Wildman–Crippen MR) is 82.8 cm³/mol. The molecule has 1 aromatic rings. The number of sulfonamides is 1. The number of rotatable bonds is 5. The third kappa shape index (κ3) is 3.49. The van der Waals surface area contributed by atoms with Gasteiger partial charge < -0.3 is 9.73 Å². The summed E-state index contributed by atoms with van der Waals surface area (Å²) < 4.78 is 33.1. The van der Waals surface area contributed by atoms with Gasteiger partial charge in [-0.05, 0) is 26.7 Å². The third-order valence-corrected chi connectivity index (χ3v) is 6.02. The Balaban J connectivity index is 2.37. The van der Waals surface area contributed by atoms with Crippen LogP contribution in [0.4, 0.5) is 0 Å². The molecule has 0 unspecified atom stereocenters. The summed E-state index contributed by atoms with van der Waals surface area (Å²) >= 11 is 0. The van der Waals surface area contributed by atoms with Crippen molar-refractivity contribution in [2.75, 3.05) is 13.1 Å². The molecular formula is C15H26N2O3S. The van der Waals surface area contributed by atoms with Crippen LogP contribution >= 0.6 is 0 Å². The highest BCUT2D eigenvalue weighted by molar-refractivity contribution is 7.89.